The van der Waals surface area contributed by atoms with Crippen molar-refractivity contribution in [3.8, 4) is 0 Å². The summed E-state index contributed by atoms with van der Waals surface area (Å²) in [5.74, 6) is 0.0295. The quantitative estimate of drug-likeness (QED) is 0.437. The second-order valence-electron chi connectivity index (χ2n) is 7.74. The highest BCUT2D eigenvalue weighted by atomic mass is 32.2. The average molecular weight is 418 g/mol. The van der Waals surface area contributed by atoms with Crippen LogP contribution in [0.25, 0.3) is 10.2 Å². The van der Waals surface area contributed by atoms with Crippen LogP contribution in [0.15, 0.2) is 22.6 Å². The van der Waals surface area contributed by atoms with E-state index in [1.807, 2.05) is 6.92 Å². The lowest BCUT2D eigenvalue weighted by Gasteiger charge is -2.17. The summed E-state index contributed by atoms with van der Waals surface area (Å²) in [6, 6.07) is 0.297. The summed E-state index contributed by atoms with van der Waals surface area (Å²) >= 11 is 3.03. The average Bonchev–Trinajstić information content (AvgIpc) is 3.31. The van der Waals surface area contributed by atoms with Crippen LogP contribution in [-0.4, -0.2) is 26.8 Å². The molecule has 2 aromatic rings. The van der Waals surface area contributed by atoms with Gasteiger partial charge >= 0.3 is 0 Å². The zero-order valence-corrected chi connectivity index (χ0v) is 18.0. The van der Waals surface area contributed by atoms with Crippen LogP contribution in [-0.2, 0) is 24.2 Å². The fourth-order valence-corrected chi connectivity index (χ4v) is 6.43. The summed E-state index contributed by atoms with van der Waals surface area (Å²) in [6.45, 7) is 6.10. The Kier molecular flexibility index (Phi) is 5.92. The highest BCUT2D eigenvalue weighted by molar-refractivity contribution is 8.00. The molecule has 150 valence electrons. The normalized spacial score (nSPS) is 18.2. The van der Waals surface area contributed by atoms with Crippen molar-refractivity contribution in [2.75, 3.05) is 0 Å². The number of aryl methyl sites for hydroxylation is 2. The highest BCUT2D eigenvalue weighted by Gasteiger charge is 2.25. The zero-order chi connectivity index (χ0) is 19.7. The lowest BCUT2D eigenvalue weighted by Crippen LogP contribution is -2.38. The summed E-state index contributed by atoms with van der Waals surface area (Å²) in [6.07, 6.45) is 10.5. The molecule has 1 amide bonds. The van der Waals surface area contributed by atoms with Crippen molar-refractivity contribution in [3.63, 3.8) is 0 Å². The van der Waals surface area contributed by atoms with E-state index in [0.717, 1.165) is 42.3 Å². The number of nitrogens with zero attached hydrogens (tertiary/aromatic N) is 2. The molecule has 0 unspecified atom stereocenters. The first-order valence-corrected chi connectivity index (χ1v) is 11.9. The molecule has 28 heavy (non-hydrogen) atoms. The molecule has 1 saturated carbocycles. The number of carbonyl (C=O) groups is 1. The Morgan fingerprint density at radius 1 is 1.36 bits per heavy atom. The number of amides is 1. The minimum Gasteiger partial charge on any atom is -0.352 e. The topological polar surface area (TPSA) is 64.0 Å². The van der Waals surface area contributed by atoms with Crippen LogP contribution in [0.4, 0.5) is 0 Å². The molecule has 5 nitrogen and oxygen atoms in total. The molecule has 1 N–H and O–H groups in total. The van der Waals surface area contributed by atoms with Gasteiger partial charge < -0.3 is 5.32 Å². The van der Waals surface area contributed by atoms with Gasteiger partial charge in [0.05, 0.1) is 10.6 Å². The Hall–Kier alpha value is -1.60. The summed E-state index contributed by atoms with van der Waals surface area (Å²) in [4.78, 5) is 32.8. The minimum atomic E-state index is -0.296. The van der Waals surface area contributed by atoms with E-state index in [2.05, 4.69) is 11.9 Å². The molecule has 7 heteroatoms. The molecule has 1 fully saturated rings. The third-order valence-corrected chi connectivity index (χ3v) is 7.98. The van der Waals surface area contributed by atoms with Crippen molar-refractivity contribution < 1.29 is 4.79 Å². The van der Waals surface area contributed by atoms with E-state index in [4.69, 9.17) is 4.98 Å². The summed E-state index contributed by atoms with van der Waals surface area (Å²) in [5, 5.41) is 4.26. The van der Waals surface area contributed by atoms with E-state index in [-0.39, 0.29) is 16.7 Å². The van der Waals surface area contributed by atoms with Gasteiger partial charge in [0, 0.05) is 17.5 Å². The standard InChI is InChI=1S/C21H27N3O2S2/c1-3-12-24-20(26)17-15-10-6-7-11-16(15)28-19(17)23-21(24)27-13(2)18(25)22-14-8-4-5-9-14/h3,13-14H,1,4-12H2,2H3,(H,22,25)/t13-/m0/s1. The monoisotopic (exact) mass is 417 g/mol. The van der Waals surface area contributed by atoms with Gasteiger partial charge in [-0.15, -0.1) is 17.9 Å². The first kappa shape index (κ1) is 19.7. The number of allylic oxidation sites excluding steroid dienone is 1. The second-order valence-corrected chi connectivity index (χ2v) is 10.1. The largest absolute Gasteiger partial charge is 0.352 e. The highest BCUT2D eigenvalue weighted by Crippen LogP contribution is 2.35. The van der Waals surface area contributed by atoms with Gasteiger partial charge in [-0.25, -0.2) is 4.98 Å². The Balaban J connectivity index is 1.65. The molecule has 0 bridgehead atoms. The third kappa shape index (κ3) is 3.79. The number of nitrogens with one attached hydrogen (secondary N) is 1. The van der Waals surface area contributed by atoms with Crippen LogP contribution in [0.2, 0.25) is 0 Å². The SMILES string of the molecule is C=CCn1c(S[C@@H](C)C(=O)NC2CCCC2)nc2sc3c(c2c1=O)CCCC3. The predicted octanol–water partition coefficient (Wildman–Crippen LogP) is 4.06. The van der Waals surface area contributed by atoms with Crippen LogP contribution >= 0.6 is 23.1 Å². The number of thioether (sulfide) groups is 1. The number of hydrogen-bond acceptors (Lipinski definition) is 5. The molecule has 0 saturated heterocycles. The molecule has 2 heterocycles. The summed E-state index contributed by atoms with van der Waals surface area (Å²) in [5.41, 5.74) is 1.21. The van der Waals surface area contributed by atoms with E-state index >= 15 is 0 Å². The molecule has 0 spiro atoms. The van der Waals surface area contributed by atoms with E-state index in [0.29, 0.717) is 17.7 Å². The lowest BCUT2D eigenvalue weighted by atomic mass is 9.97. The molecule has 0 radical (unpaired) electrons. The van der Waals surface area contributed by atoms with Crippen molar-refractivity contribution in [1.29, 1.82) is 0 Å². The van der Waals surface area contributed by atoms with Gasteiger partial charge in [-0.2, -0.15) is 0 Å². The number of aromatic nitrogens is 2. The fraction of sp³-hybridized carbons (Fsp3) is 0.571. The fourth-order valence-electron chi connectivity index (χ4n) is 4.20. The number of hydrogen-bond donors (Lipinski definition) is 1. The number of carbonyl (C=O) groups excluding carboxylic acids is 1. The third-order valence-electron chi connectivity index (χ3n) is 5.70. The van der Waals surface area contributed by atoms with Crippen molar-refractivity contribution in [1.82, 2.24) is 14.9 Å². The van der Waals surface area contributed by atoms with Gasteiger partial charge in [0.25, 0.3) is 5.56 Å². The van der Waals surface area contributed by atoms with Crippen LogP contribution < -0.4 is 10.9 Å². The second kappa shape index (κ2) is 8.41. The van der Waals surface area contributed by atoms with Crippen molar-refractivity contribution in [2.45, 2.75) is 81.3 Å². The van der Waals surface area contributed by atoms with E-state index in [9.17, 15) is 9.59 Å². The Morgan fingerprint density at radius 3 is 2.86 bits per heavy atom. The predicted molar refractivity (Wildman–Crippen MR) is 116 cm³/mol. The van der Waals surface area contributed by atoms with Gasteiger partial charge in [0.1, 0.15) is 4.83 Å². The van der Waals surface area contributed by atoms with Gasteiger partial charge in [0.15, 0.2) is 5.16 Å². The van der Waals surface area contributed by atoms with Crippen LogP contribution in [0, 0.1) is 0 Å². The number of rotatable bonds is 6. The maximum atomic E-state index is 13.3. The Morgan fingerprint density at radius 2 is 2.11 bits per heavy atom. The van der Waals surface area contributed by atoms with E-state index < -0.39 is 0 Å². The summed E-state index contributed by atoms with van der Waals surface area (Å²) < 4.78 is 1.68. The zero-order valence-electron chi connectivity index (χ0n) is 16.3. The first-order valence-electron chi connectivity index (χ1n) is 10.2. The van der Waals surface area contributed by atoms with Crippen molar-refractivity contribution in [2.24, 2.45) is 0 Å². The van der Waals surface area contributed by atoms with Gasteiger partial charge in [-0.3, -0.25) is 14.2 Å². The smallest absolute Gasteiger partial charge is 0.263 e. The van der Waals surface area contributed by atoms with Gasteiger partial charge in [-0.1, -0.05) is 30.7 Å². The Bertz CT molecular complexity index is 957. The van der Waals surface area contributed by atoms with Crippen LogP contribution in [0.5, 0.6) is 0 Å². The molecular weight excluding hydrogens is 390 g/mol. The van der Waals surface area contributed by atoms with Crippen LogP contribution in [0.3, 0.4) is 0 Å². The minimum absolute atomic E-state index is 0.00945. The van der Waals surface area contributed by atoms with E-state index in [1.165, 1.54) is 41.5 Å². The maximum Gasteiger partial charge on any atom is 0.263 e. The molecule has 2 aliphatic rings. The van der Waals surface area contributed by atoms with Gasteiger partial charge in [0.2, 0.25) is 5.91 Å². The van der Waals surface area contributed by atoms with Crippen molar-refractivity contribution >= 4 is 39.2 Å². The number of fused-ring (bicyclic) bond motifs is 3. The summed E-state index contributed by atoms with van der Waals surface area (Å²) in [7, 11) is 0. The molecule has 1 atom stereocenters. The molecule has 2 aromatic heterocycles. The van der Waals surface area contributed by atoms with Crippen LogP contribution in [0.1, 0.15) is 55.9 Å². The maximum absolute atomic E-state index is 13.3. The van der Waals surface area contributed by atoms with Gasteiger partial charge in [-0.05, 0) is 51.0 Å². The number of thiophene rings is 1. The molecule has 2 aliphatic carbocycles. The van der Waals surface area contributed by atoms with E-state index in [1.54, 1.807) is 22.0 Å². The molecular formula is C21H27N3O2S2. The lowest BCUT2D eigenvalue weighted by molar-refractivity contribution is -0.120. The molecule has 0 aliphatic heterocycles. The molecule has 0 aromatic carbocycles. The Labute approximate surface area is 173 Å². The first-order chi connectivity index (χ1) is 13.6. The van der Waals surface area contributed by atoms with Crippen molar-refractivity contribution in [3.05, 3.63) is 33.4 Å². The molecule has 4 rings (SSSR count).